The summed E-state index contributed by atoms with van der Waals surface area (Å²) in [6.45, 7) is 7.72. The van der Waals surface area contributed by atoms with Crippen molar-refractivity contribution in [1.82, 2.24) is 0 Å². The van der Waals surface area contributed by atoms with Gasteiger partial charge in [-0.05, 0) is 45.4 Å². The molecule has 0 amide bonds. The SMILES string of the molecule is [CH]CCCCCCCC/C=C\C/C=C\CCCCC. The predicted octanol–water partition coefficient (Wildman–Crippen LogP) is 6.90. The molecule has 0 fully saturated rings. The molecule has 0 saturated heterocycles. The molecule has 0 spiro atoms. The Morgan fingerprint density at radius 3 is 1.74 bits per heavy atom. The van der Waals surface area contributed by atoms with E-state index >= 15 is 0 Å². The molecular formula is C19H34. The van der Waals surface area contributed by atoms with Crippen LogP contribution in [0.3, 0.4) is 0 Å². The van der Waals surface area contributed by atoms with Gasteiger partial charge in [-0.3, -0.25) is 0 Å². The first-order chi connectivity index (χ1) is 9.41. The lowest BCUT2D eigenvalue weighted by molar-refractivity contribution is 0.599. The normalized spacial score (nSPS) is 11.9. The highest BCUT2D eigenvalue weighted by molar-refractivity contribution is 4.92. The minimum absolute atomic E-state index is 0.856. The second-order valence-corrected chi connectivity index (χ2v) is 5.37. The summed E-state index contributed by atoms with van der Waals surface area (Å²) >= 11 is 0. The van der Waals surface area contributed by atoms with Gasteiger partial charge in [-0.1, -0.05) is 76.2 Å². The molecule has 0 aliphatic rings. The second kappa shape index (κ2) is 17.5. The van der Waals surface area contributed by atoms with Crippen LogP contribution in [0.2, 0.25) is 0 Å². The van der Waals surface area contributed by atoms with Crippen LogP contribution >= 0.6 is 0 Å². The Hall–Kier alpha value is -0.520. The average Bonchev–Trinajstić information content (AvgIpc) is 2.43. The van der Waals surface area contributed by atoms with Crippen molar-refractivity contribution in [2.24, 2.45) is 0 Å². The molecule has 0 heterocycles. The lowest BCUT2D eigenvalue weighted by Gasteiger charge is -1.98. The van der Waals surface area contributed by atoms with Crippen molar-refractivity contribution >= 4 is 0 Å². The van der Waals surface area contributed by atoms with Gasteiger partial charge in [-0.15, -0.1) is 0 Å². The summed E-state index contributed by atoms with van der Waals surface area (Å²) in [6.07, 6.45) is 25.8. The molecule has 0 aromatic rings. The maximum absolute atomic E-state index is 5.47. The van der Waals surface area contributed by atoms with Crippen LogP contribution < -0.4 is 0 Å². The van der Waals surface area contributed by atoms with Gasteiger partial charge in [0.25, 0.3) is 0 Å². The Bertz CT molecular complexity index is 200. The molecule has 0 atom stereocenters. The molecule has 0 aromatic heterocycles. The summed E-state index contributed by atoms with van der Waals surface area (Å²) in [7, 11) is 0. The Kier molecular flexibility index (Phi) is 17.0. The molecule has 0 nitrogen and oxygen atoms in total. The lowest BCUT2D eigenvalue weighted by Crippen LogP contribution is -1.78. The molecule has 0 unspecified atom stereocenters. The second-order valence-electron chi connectivity index (χ2n) is 5.37. The van der Waals surface area contributed by atoms with Crippen molar-refractivity contribution in [3.8, 4) is 0 Å². The van der Waals surface area contributed by atoms with Gasteiger partial charge < -0.3 is 0 Å². The topological polar surface area (TPSA) is 0 Å². The first-order valence-electron chi connectivity index (χ1n) is 8.42. The molecule has 0 aliphatic heterocycles. The zero-order valence-electron chi connectivity index (χ0n) is 13.1. The van der Waals surface area contributed by atoms with E-state index in [4.69, 9.17) is 6.92 Å². The van der Waals surface area contributed by atoms with Crippen LogP contribution in [0.4, 0.5) is 0 Å². The Labute approximate surface area is 122 Å². The number of hydrogen-bond acceptors (Lipinski definition) is 0. The maximum atomic E-state index is 5.47. The molecular weight excluding hydrogens is 228 g/mol. The quantitative estimate of drug-likeness (QED) is 0.236. The molecule has 0 saturated carbocycles. The third-order valence-electron chi connectivity index (χ3n) is 3.40. The molecule has 0 rings (SSSR count). The summed E-state index contributed by atoms with van der Waals surface area (Å²) in [5.74, 6) is 0. The van der Waals surface area contributed by atoms with Crippen molar-refractivity contribution < 1.29 is 0 Å². The van der Waals surface area contributed by atoms with Crippen LogP contribution in [-0.2, 0) is 0 Å². The average molecular weight is 262 g/mol. The minimum atomic E-state index is 0.856. The summed E-state index contributed by atoms with van der Waals surface area (Å²) in [6, 6.07) is 0. The zero-order chi connectivity index (χ0) is 14.0. The van der Waals surface area contributed by atoms with Gasteiger partial charge in [0.1, 0.15) is 0 Å². The van der Waals surface area contributed by atoms with Crippen LogP contribution in [0.1, 0.15) is 90.4 Å². The fourth-order valence-corrected chi connectivity index (χ4v) is 2.13. The van der Waals surface area contributed by atoms with Gasteiger partial charge in [0.15, 0.2) is 0 Å². The molecule has 0 bridgehead atoms. The molecule has 0 aromatic carbocycles. The van der Waals surface area contributed by atoms with E-state index in [2.05, 4.69) is 31.2 Å². The van der Waals surface area contributed by atoms with E-state index in [9.17, 15) is 0 Å². The summed E-state index contributed by atoms with van der Waals surface area (Å²) in [5, 5.41) is 0. The highest BCUT2D eigenvalue weighted by atomic mass is 14.0. The first-order valence-corrected chi connectivity index (χ1v) is 8.42. The molecule has 0 heteroatoms. The third-order valence-corrected chi connectivity index (χ3v) is 3.40. The molecule has 19 heavy (non-hydrogen) atoms. The van der Waals surface area contributed by atoms with Gasteiger partial charge in [-0.25, -0.2) is 0 Å². The van der Waals surface area contributed by atoms with E-state index in [1.807, 2.05) is 0 Å². The lowest BCUT2D eigenvalue weighted by atomic mass is 10.1. The van der Waals surface area contributed by atoms with Crippen molar-refractivity contribution in [3.05, 3.63) is 31.2 Å². The van der Waals surface area contributed by atoms with E-state index in [1.165, 1.54) is 70.6 Å². The van der Waals surface area contributed by atoms with Crippen LogP contribution in [0.15, 0.2) is 24.3 Å². The Morgan fingerprint density at radius 1 is 0.632 bits per heavy atom. The van der Waals surface area contributed by atoms with E-state index in [1.54, 1.807) is 0 Å². The minimum Gasteiger partial charge on any atom is -0.0882 e. The van der Waals surface area contributed by atoms with Crippen molar-refractivity contribution in [1.29, 1.82) is 0 Å². The third kappa shape index (κ3) is 17.5. The highest BCUT2D eigenvalue weighted by Gasteiger charge is 1.89. The predicted molar refractivity (Wildman–Crippen MR) is 88.3 cm³/mol. The zero-order valence-corrected chi connectivity index (χ0v) is 13.1. The van der Waals surface area contributed by atoms with E-state index in [0.29, 0.717) is 0 Å². The van der Waals surface area contributed by atoms with Crippen LogP contribution in [0.25, 0.3) is 0 Å². The van der Waals surface area contributed by atoms with Gasteiger partial charge in [0.2, 0.25) is 0 Å². The van der Waals surface area contributed by atoms with Gasteiger partial charge >= 0.3 is 0 Å². The largest absolute Gasteiger partial charge is 0.0882 e. The standard InChI is InChI=1S/C19H34/c1-3-5-7-9-11-13-15-17-19-18-16-14-12-10-8-6-4-2/h1,12,14,18-19H,3-11,13,15-17H2,2H3/b14-12-,19-18-. The Balaban J connectivity index is 3.12. The fraction of sp³-hybridized carbons (Fsp3) is 0.737. The molecule has 0 aliphatic carbocycles. The number of allylic oxidation sites excluding steroid dienone is 4. The smallest absolute Gasteiger partial charge is 0.0169 e. The Morgan fingerprint density at radius 2 is 1.16 bits per heavy atom. The number of unbranched alkanes of at least 4 members (excludes halogenated alkanes) is 10. The summed E-state index contributed by atoms with van der Waals surface area (Å²) in [5.41, 5.74) is 0. The summed E-state index contributed by atoms with van der Waals surface area (Å²) < 4.78 is 0. The molecule has 0 N–H and O–H groups in total. The van der Waals surface area contributed by atoms with Crippen molar-refractivity contribution in [3.63, 3.8) is 0 Å². The molecule has 110 valence electrons. The number of hydrogen-bond donors (Lipinski definition) is 0. The van der Waals surface area contributed by atoms with Crippen molar-refractivity contribution in [2.45, 2.75) is 90.4 Å². The van der Waals surface area contributed by atoms with Gasteiger partial charge in [-0.2, -0.15) is 0 Å². The summed E-state index contributed by atoms with van der Waals surface area (Å²) in [4.78, 5) is 0. The van der Waals surface area contributed by atoms with E-state index < -0.39 is 0 Å². The van der Waals surface area contributed by atoms with Gasteiger partial charge in [0, 0.05) is 0 Å². The highest BCUT2D eigenvalue weighted by Crippen LogP contribution is 2.08. The van der Waals surface area contributed by atoms with Crippen LogP contribution in [0, 0.1) is 6.92 Å². The number of rotatable bonds is 14. The monoisotopic (exact) mass is 262 g/mol. The van der Waals surface area contributed by atoms with Gasteiger partial charge in [0.05, 0.1) is 0 Å². The van der Waals surface area contributed by atoms with Crippen LogP contribution in [-0.4, -0.2) is 0 Å². The molecule has 2 radical (unpaired) electrons. The maximum Gasteiger partial charge on any atom is -0.0169 e. The van der Waals surface area contributed by atoms with E-state index in [0.717, 1.165) is 12.8 Å². The fourth-order valence-electron chi connectivity index (χ4n) is 2.13. The van der Waals surface area contributed by atoms with Crippen molar-refractivity contribution in [2.75, 3.05) is 0 Å². The first kappa shape index (κ1) is 18.5. The van der Waals surface area contributed by atoms with E-state index in [-0.39, 0.29) is 0 Å². The van der Waals surface area contributed by atoms with Crippen LogP contribution in [0.5, 0.6) is 0 Å².